The zero-order valence-corrected chi connectivity index (χ0v) is 93.5. The van der Waals surface area contributed by atoms with E-state index in [-0.39, 0.29) is 107 Å². The van der Waals surface area contributed by atoms with Gasteiger partial charge < -0.3 is 130 Å². The molecule has 147 heavy (non-hydrogen) atoms. The quantitative estimate of drug-likeness (QED) is 0.0315. The van der Waals surface area contributed by atoms with Crippen LogP contribution in [0.3, 0.4) is 0 Å². The Morgan fingerprint density at radius 3 is 0.680 bits per heavy atom. The minimum atomic E-state index is -0.728. The minimum Gasteiger partial charge on any atom is -0.444 e. The Kier molecular flexibility index (Phi) is 54.2. The molecule has 8 aromatic rings. The zero-order chi connectivity index (χ0) is 110. The number of aromatic nitrogens is 12. The number of anilines is 11. The maximum absolute atomic E-state index is 13.0. The molecule has 20 N–H and O–H groups in total. The molecule has 0 aliphatic carbocycles. The Labute approximate surface area is 891 Å². The standard InChI is InChI=1S/C39H62N10O8.C19H30N10.C15H29N3O4.C9H6Cl2N4.C6H7N.C3Cl3N3.4C2H6/c1-36(2,3)54-32(50)41-25-18-26(42-33(51)55-37(4,5)6)21-48(20-25)30-45-29(40-24-16-14-13-15-17-24)46-31(47-30)49-22-27(43-34(52)56-38(7,8)9)19-28(23-49)44-35(53)57-39(10,11)12;20-12-6-13(21)9-28(8-12)18-25-17(24-16-4-2-1-3-5-16)26-19(27-18)29-10-14(22)7-15(23)11-29;1-14(2,3)21-12(19)17-10-7-11(9-16-8-10)18-13(20)22-15(4,5)6;10-7-13-8(11)15-9(14-7)12-6-4-2-1-3-5-6;7-6-4-2-1-3-5-6;4-1-7-2(5)9-3(6)8-1;4*1-2/h13-17,25-28H,18-23H2,1-12H3,(H,41,50)(H,42,51)(H,43,52)(H,44,53)(H,40,45,46,47);1-5,12-15H,6-11,20-23H2,(H,24,25,26,27);10-11,16H,7-9H2,1-6H3,(H,17,19)(H,18,20);1-5H,(H,12,13,14,15);1-5H,7H2;;4*1-2H3. The van der Waals surface area contributed by atoms with E-state index in [1.165, 1.54) is 0 Å². The van der Waals surface area contributed by atoms with Crippen molar-refractivity contribution in [2.45, 2.75) is 306 Å². The third kappa shape index (κ3) is 54.1. The number of nitrogens with two attached hydrogens (primary N) is 5. The topological polar surface area (TPSA) is 576 Å². The molecule has 816 valence electrons. The first kappa shape index (κ1) is 127. The van der Waals surface area contributed by atoms with E-state index in [0.29, 0.717) is 82.3 Å². The van der Waals surface area contributed by atoms with Crippen LogP contribution in [0, 0.1) is 0 Å². The van der Waals surface area contributed by atoms with Gasteiger partial charge in [0.15, 0.2) is 0 Å². The summed E-state index contributed by atoms with van der Waals surface area (Å²) in [5.74, 6) is 2.65. The van der Waals surface area contributed by atoms with Gasteiger partial charge in [-0.15, -0.1) is 0 Å². The molecule has 43 nitrogen and oxygen atoms in total. The number of amides is 6. The molecule has 13 rings (SSSR count). The molecule has 6 amide bonds. The van der Waals surface area contributed by atoms with E-state index in [1.54, 1.807) is 83.1 Å². The molecule has 0 spiro atoms. The molecule has 5 saturated heterocycles. The van der Waals surface area contributed by atoms with Gasteiger partial charge in [0.25, 0.3) is 0 Å². The number of hydrogen-bond acceptors (Lipinski definition) is 37. The van der Waals surface area contributed by atoms with Gasteiger partial charge in [0.05, 0.1) is 24.2 Å². The van der Waals surface area contributed by atoms with Crippen molar-refractivity contribution in [1.29, 1.82) is 0 Å². The number of piperidine rings is 5. The number of alkyl carbamates (subject to hydrolysis) is 6. The largest absolute Gasteiger partial charge is 0.444 e. The highest BCUT2D eigenvalue weighted by atomic mass is 35.5. The van der Waals surface area contributed by atoms with E-state index in [4.69, 9.17) is 135 Å². The molecule has 5 aliphatic rings. The van der Waals surface area contributed by atoms with Crippen molar-refractivity contribution in [1.82, 2.24) is 97.0 Å². The Morgan fingerprint density at radius 2 is 0.469 bits per heavy atom. The highest BCUT2D eigenvalue weighted by molar-refractivity contribution is 6.33. The van der Waals surface area contributed by atoms with E-state index in [2.05, 4.69) is 93.0 Å². The molecule has 48 heteroatoms. The first-order valence-corrected chi connectivity index (χ1v) is 51.2. The van der Waals surface area contributed by atoms with E-state index < -0.39 is 94.3 Å². The minimum absolute atomic E-state index is 0.000000000000000444. The molecule has 4 aromatic carbocycles. The van der Waals surface area contributed by atoms with E-state index in [1.807, 2.05) is 238 Å². The molecule has 9 heterocycles. The van der Waals surface area contributed by atoms with Crippen molar-refractivity contribution < 1.29 is 57.2 Å². The number of nitrogens with zero attached hydrogens (tertiary/aromatic N) is 16. The second-order valence-corrected chi connectivity index (χ2v) is 41.0. The average molecular weight is 2150 g/mol. The van der Waals surface area contributed by atoms with Crippen molar-refractivity contribution in [3.8, 4) is 0 Å². The number of ether oxygens (including phenoxy) is 6. The van der Waals surface area contributed by atoms with Crippen molar-refractivity contribution in [3.63, 3.8) is 0 Å². The second kappa shape index (κ2) is 62.5. The highest BCUT2D eigenvalue weighted by Gasteiger charge is 2.39. The van der Waals surface area contributed by atoms with Gasteiger partial charge in [-0.2, -0.15) is 59.8 Å². The third-order valence-corrected chi connectivity index (χ3v) is 19.8. The van der Waals surface area contributed by atoms with Gasteiger partial charge in [0.1, 0.15) is 33.6 Å². The molecule has 0 saturated carbocycles. The fourth-order valence-corrected chi connectivity index (χ4v) is 15.1. The van der Waals surface area contributed by atoms with Crippen molar-refractivity contribution >= 4 is 159 Å². The number of nitrogens with one attached hydrogen (secondary N) is 10. The van der Waals surface area contributed by atoms with Crippen LogP contribution in [-0.4, -0.2) is 256 Å². The van der Waals surface area contributed by atoms with Crippen molar-refractivity contribution in [3.05, 3.63) is 148 Å². The van der Waals surface area contributed by atoms with E-state index in [0.717, 1.165) is 35.6 Å². The summed E-state index contributed by atoms with van der Waals surface area (Å²) >= 11 is 27.2. The lowest BCUT2D eigenvalue weighted by Gasteiger charge is -2.40. The number of carbonyl (C=O) groups excluding carboxylic acids is 6. The molecule has 0 radical (unpaired) electrons. The van der Waals surface area contributed by atoms with Crippen LogP contribution in [0.15, 0.2) is 121 Å². The number of para-hydroxylation sites is 4. The summed E-state index contributed by atoms with van der Waals surface area (Å²) < 4.78 is 32.7. The van der Waals surface area contributed by atoms with Crippen LogP contribution in [0.1, 0.15) is 212 Å². The lowest BCUT2D eigenvalue weighted by Crippen LogP contribution is -2.59. The highest BCUT2D eigenvalue weighted by Crippen LogP contribution is 2.30. The summed E-state index contributed by atoms with van der Waals surface area (Å²) in [4.78, 5) is 134. The fraction of sp³-hybridized carbons (Fsp3) is 0.576. The summed E-state index contributed by atoms with van der Waals surface area (Å²) in [6.45, 7) is 53.2. The normalized spacial score (nSPS) is 19.0. The molecule has 0 bridgehead atoms. The number of carbonyl (C=O) groups is 6. The van der Waals surface area contributed by atoms with Crippen LogP contribution in [0.25, 0.3) is 0 Å². The fourth-order valence-electron chi connectivity index (χ4n) is 14.1. The van der Waals surface area contributed by atoms with Crippen LogP contribution in [0.5, 0.6) is 0 Å². The molecular weight excluding hydrogens is 1990 g/mol. The smallest absolute Gasteiger partial charge is 0.407 e. The van der Waals surface area contributed by atoms with Crippen LogP contribution in [-0.2, 0) is 28.4 Å². The molecule has 10 atom stereocenters. The predicted molar refractivity (Wildman–Crippen MR) is 585 cm³/mol. The number of nitrogen functional groups attached to an aromatic ring is 1. The molecule has 5 fully saturated rings. The summed E-state index contributed by atoms with van der Waals surface area (Å²) in [7, 11) is 0. The van der Waals surface area contributed by atoms with Crippen LogP contribution >= 0.6 is 58.0 Å². The van der Waals surface area contributed by atoms with Crippen LogP contribution < -0.4 is 101 Å². The predicted octanol–water partition coefficient (Wildman–Crippen LogP) is 16.8. The monoisotopic (exact) mass is 2150 g/mol. The van der Waals surface area contributed by atoms with Gasteiger partial charge in [-0.1, -0.05) is 128 Å². The van der Waals surface area contributed by atoms with E-state index >= 15 is 0 Å². The van der Waals surface area contributed by atoms with E-state index in [9.17, 15) is 28.8 Å². The number of halogens is 5. The summed E-state index contributed by atoms with van der Waals surface area (Å²) in [5, 5.41) is 30.2. The summed E-state index contributed by atoms with van der Waals surface area (Å²) in [5.41, 5.74) is 29.4. The zero-order valence-electron chi connectivity index (χ0n) is 89.8. The maximum Gasteiger partial charge on any atom is 0.407 e. The second-order valence-electron chi connectivity index (χ2n) is 39.3. The van der Waals surface area contributed by atoms with Gasteiger partial charge in [-0.25, -0.2) is 28.8 Å². The van der Waals surface area contributed by atoms with Gasteiger partial charge in [0, 0.05) is 124 Å². The Hall–Kier alpha value is -11.8. The van der Waals surface area contributed by atoms with Gasteiger partial charge in [0.2, 0.25) is 68.1 Å². The Morgan fingerprint density at radius 1 is 0.279 bits per heavy atom. The molecule has 4 aromatic heterocycles. The van der Waals surface area contributed by atoms with Gasteiger partial charge in [-0.3, -0.25) is 0 Å². The lowest BCUT2D eigenvalue weighted by molar-refractivity contribution is 0.0447. The third-order valence-electron chi connectivity index (χ3n) is 19.0. The first-order valence-electron chi connectivity index (χ1n) is 49.3. The summed E-state index contributed by atoms with van der Waals surface area (Å²) in [6.07, 6.45) is -0.336. The average Bonchev–Trinajstić information content (AvgIpc) is 0.793. The van der Waals surface area contributed by atoms with Gasteiger partial charge >= 0.3 is 36.6 Å². The van der Waals surface area contributed by atoms with Crippen molar-refractivity contribution in [2.24, 2.45) is 22.9 Å². The van der Waals surface area contributed by atoms with Gasteiger partial charge in [-0.05, 0) is 263 Å². The Balaban J connectivity index is 0.000000413. The van der Waals surface area contributed by atoms with Crippen LogP contribution in [0.2, 0.25) is 26.4 Å². The van der Waals surface area contributed by atoms with Crippen LogP contribution in [0.4, 0.5) is 93.2 Å². The SMILES string of the molecule is CC.CC.CC.CC.CC(C)(C)OC(=O)NC1CC(NC(=O)OC(C)(C)C)CN(c2nc(Nc3ccccc3)nc(N3CC(NC(=O)OC(C)(C)C)CC(NC(=O)OC(C)(C)C)C3)n2)C1.CC(C)(C)OC(=O)NC1CNCC(NC(=O)OC(C)(C)C)C1.Clc1nc(Cl)nc(Cl)n1.Clc1nc(Cl)nc(Nc2ccccc2)n1.NC1CC(N)CN(c2nc(Nc3ccccc3)nc(N3CC(N)CC(N)C3)n2)C1.Nc1ccccc1. The first-order chi connectivity index (χ1) is 69.0. The number of benzene rings is 4. The molecular formula is C99H158Cl5N31O12. The maximum atomic E-state index is 13.0. The lowest BCUT2D eigenvalue weighted by atomic mass is 10.0. The Bertz CT molecular complexity index is 4890. The van der Waals surface area contributed by atoms with Crippen molar-refractivity contribution in [2.75, 3.05) is 107 Å². The molecule has 10 unspecified atom stereocenters. The molecule has 5 aliphatic heterocycles. The number of hydrogen-bond donors (Lipinski definition) is 15. The summed E-state index contributed by atoms with van der Waals surface area (Å²) in [6, 6.07) is 35.9. The number of rotatable bonds is 16.